The molecule has 2 N–H and O–H groups in total. The molecule has 2 aromatic carbocycles. The molecule has 7 heteroatoms. The topological polar surface area (TPSA) is 66.4 Å². The Kier molecular flexibility index (Phi) is 4.42. The first kappa shape index (κ1) is 15.0. The van der Waals surface area contributed by atoms with Crippen molar-refractivity contribution in [1.82, 2.24) is 0 Å². The van der Waals surface area contributed by atoms with Gasteiger partial charge in [0.15, 0.2) is 0 Å². The Morgan fingerprint density at radius 2 is 1.80 bits per heavy atom. The van der Waals surface area contributed by atoms with Crippen LogP contribution in [0.25, 0.3) is 0 Å². The van der Waals surface area contributed by atoms with E-state index in [1.165, 1.54) is 0 Å². The van der Waals surface area contributed by atoms with Gasteiger partial charge in [0.25, 0.3) is 10.0 Å². The van der Waals surface area contributed by atoms with Crippen LogP contribution in [0.15, 0.2) is 51.8 Å². The fraction of sp³-hybridized carbons (Fsp3) is 0.0769. The van der Waals surface area contributed by atoms with Crippen molar-refractivity contribution >= 4 is 31.6 Å². The number of anilines is 1. The third kappa shape index (κ3) is 3.36. The van der Waals surface area contributed by atoms with Gasteiger partial charge in [0, 0.05) is 15.7 Å². The summed E-state index contributed by atoms with van der Waals surface area (Å²) in [6.45, 7) is -0.562. The van der Waals surface area contributed by atoms with Crippen molar-refractivity contribution in [3.05, 3.63) is 58.3 Å². The Morgan fingerprint density at radius 3 is 2.40 bits per heavy atom. The summed E-state index contributed by atoms with van der Waals surface area (Å²) < 4.78 is 40.7. The SMILES string of the molecule is O=S(=O)(Nc1ccc(Br)cc1)c1ccc(F)c(CO)c1. The van der Waals surface area contributed by atoms with Gasteiger partial charge < -0.3 is 5.11 Å². The lowest BCUT2D eigenvalue weighted by Crippen LogP contribution is -2.13. The van der Waals surface area contributed by atoms with E-state index < -0.39 is 22.4 Å². The summed E-state index contributed by atoms with van der Waals surface area (Å²) in [6, 6.07) is 9.85. The predicted octanol–water partition coefficient (Wildman–Crippen LogP) is 2.88. The number of halogens is 2. The first-order chi connectivity index (χ1) is 9.42. The van der Waals surface area contributed by atoms with Crippen molar-refractivity contribution in [3.63, 3.8) is 0 Å². The first-order valence-corrected chi connectivity index (χ1v) is 7.87. The normalized spacial score (nSPS) is 11.3. The molecule has 0 unspecified atom stereocenters. The van der Waals surface area contributed by atoms with Crippen molar-refractivity contribution in [2.45, 2.75) is 11.5 Å². The van der Waals surface area contributed by atoms with E-state index in [4.69, 9.17) is 5.11 Å². The summed E-state index contributed by atoms with van der Waals surface area (Å²) in [5.41, 5.74) is 0.326. The third-order valence-electron chi connectivity index (χ3n) is 2.59. The van der Waals surface area contributed by atoms with E-state index in [0.29, 0.717) is 5.69 Å². The standard InChI is InChI=1S/C13H11BrFNO3S/c14-10-1-3-11(4-2-10)16-20(18,19)12-5-6-13(15)9(7-12)8-17/h1-7,16-17H,8H2. The van der Waals surface area contributed by atoms with Crippen LogP contribution in [-0.2, 0) is 16.6 Å². The van der Waals surface area contributed by atoms with Gasteiger partial charge in [-0.2, -0.15) is 0 Å². The van der Waals surface area contributed by atoms with Crippen molar-refractivity contribution < 1.29 is 17.9 Å². The number of aliphatic hydroxyl groups is 1. The molecule has 0 aliphatic heterocycles. The number of hydrogen-bond donors (Lipinski definition) is 2. The first-order valence-electron chi connectivity index (χ1n) is 5.60. The van der Waals surface area contributed by atoms with E-state index in [1.54, 1.807) is 24.3 Å². The van der Waals surface area contributed by atoms with Crippen molar-refractivity contribution in [3.8, 4) is 0 Å². The molecule has 0 aromatic heterocycles. The number of rotatable bonds is 4. The zero-order valence-electron chi connectivity index (χ0n) is 10.2. The molecule has 0 bridgehead atoms. The van der Waals surface area contributed by atoms with E-state index in [0.717, 1.165) is 22.7 Å². The van der Waals surface area contributed by atoms with Crippen LogP contribution in [-0.4, -0.2) is 13.5 Å². The largest absolute Gasteiger partial charge is 0.392 e. The van der Waals surface area contributed by atoms with Gasteiger partial charge in [0.1, 0.15) is 5.82 Å². The van der Waals surface area contributed by atoms with Crippen LogP contribution in [0.5, 0.6) is 0 Å². The molecule has 0 fully saturated rings. The Hall–Kier alpha value is -1.44. The lowest BCUT2D eigenvalue weighted by Gasteiger charge is -2.09. The molecule has 0 saturated carbocycles. The predicted molar refractivity (Wildman–Crippen MR) is 77.3 cm³/mol. The second-order valence-electron chi connectivity index (χ2n) is 4.02. The molecule has 0 spiro atoms. The fourth-order valence-electron chi connectivity index (χ4n) is 1.57. The zero-order valence-corrected chi connectivity index (χ0v) is 12.6. The molecule has 0 heterocycles. The molecule has 4 nitrogen and oxygen atoms in total. The highest BCUT2D eigenvalue weighted by molar-refractivity contribution is 9.10. The maximum absolute atomic E-state index is 13.2. The minimum absolute atomic E-state index is 0.0660. The van der Waals surface area contributed by atoms with Crippen LogP contribution in [0, 0.1) is 5.82 Å². The minimum Gasteiger partial charge on any atom is -0.392 e. The van der Waals surface area contributed by atoms with Crippen LogP contribution >= 0.6 is 15.9 Å². The number of sulfonamides is 1. The fourth-order valence-corrected chi connectivity index (χ4v) is 2.94. The van der Waals surface area contributed by atoms with Crippen LogP contribution < -0.4 is 4.72 Å². The highest BCUT2D eigenvalue weighted by atomic mass is 79.9. The second-order valence-corrected chi connectivity index (χ2v) is 6.62. The van der Waals surface area contributed by atoms with E-state index in [9.17, 15) is 12.8 Å². The lowest BCUT2D eigenvalue weighted by molar-refractivity contribution is 0.275. The van der Waals surface area contributed by atoms with Gasteiger partial charge in [-0.05, 0) is 42.5 Å². The average molecular weight is 360 g/mol. The third-order valence-corrected chi connectivity index (χ3v) is 4.50. The molecule has 0 saturated heterocycles. The molecule has 2 rings (SSSR count). The quantitative estimate of drug-likeness (QED) is 0.881. The van der Waals surface area contributed by atoms with E-state index in [1.807, 2.05) is 0 Å². The Balaban J connectivity index is 2.33. The van der Waals surface area contributed by atoms with Gasteiger partial charge in [-0.25, -0.2) is 12.8 Å². The molecule has 0 amide bonds. The molecule has 0 aliphatic carbocycles. The average Bonchev–Trinajstić information content (AvgIpc) is 2.41. The Labute approximate surface area is 124 Å². The van der Waals surface area contributed by atoms with Gasteiger partial charge in [0.05, 0.1) is 11.5 Å². The molecule has 0 aliphatic rings. The van der Waals surface area contributed by atoms with Crippen LogP contribution in [0.4, 0.5) is 10.1 Å². The van der Waals surface area contributed by atoms with Crippen LogP contribution in [0.3, 0.4) is 0 Å². The molecule has 106 valence electrons. The monoisotopic (exact) mass is 359 g/mol. The number of hydrogen-bond acceptors (Lipinski definition) is 3. The van der Waals surface area contributed by atoms with E-state index >= 15 is 0 Å². The number of nitrogens with one attached hydrogen (secondary N) is 1. The highest BCUT2D eigenvalue weighted by Crippen LogP contribution is 2.20. The Bertz CT molecular complexity index is 717. The summed E-state index contributed by atoms with van der Waals surface area (Å²) in [4.78, 5) is -0.106. The van der Waals surface area contributed by atoms with E-state index in [2.05, 4.69) is 20.7 Å². The molecular formula is C13H11BrFNO3S. The van der Waals surface area contributed by atoms with Crippen LogP contribution in [0.1, 0.15) is 5.56 Å². The summed E-state index contributed by atoms with van der Waals surface area (Å²) in [5.74, 6) is -0.643. The maximum atomic E-state index is 13.2. The molecule has 20 heavy (non-hydrogen) atoms. The molecule has 0 radical (unpaired) electrons. The smallest absolute Gasteiger partial charge is 0.261 e. The van der Waals surface area contributed by atoms with Gasteiger partial charge >= 0.3 is 0 Å². The second kappa shape index (κ2) is 5.90. The Morgan fingerprint density at radius 1 is 1.15 bits per heavy atom. The highest BCUT2D eigenvalue weighted by Gasteiger charge is 2.16. The molecular weight excluding hydrogens is 349 g/mol. The van der Waals surface area contributed by atoms with E-state index in [-0.39, 0.29) is 10.5 Å². The molecule has 2 aromatic rings. The van der Waals surface area contributed by atoms with Gasteiger partial charge in [-0.1, -0.05) is 15.9 Å². The van der Waals surface area contributed by atoms with Crippen molar-refractivity contribution in [2.24, 2.45) is 0 Å². The molecule has 0 atom stereocenters. The number of benzene rings is 2. The number of aliphatic hydroxyl groups excluding tert-OH is 1. The maximum Gasteiger partial charge on any atom is 0.261 e. The zero-order chi connectivity index (χ0) is 14.8. The van der Waals surface area contributed by atoms with Gasteiger partial charge in [0.2, 0.25) is 0 Å². The van der Waals surface area contributed by atoms with Crippen LogP contribution in [0.2, 0.25) is 0 Å². The van der Waals surface area contributed by atoms with Crippen molar-refractivity contribution in [2.75, 3.05) is 4.72 Å². The van der Waals surface area contributed by atoms with Gasteiger partial charge in [-0.15, -0.1) is 0 Å². The summed E-state index contributed by atoms with van der Waals surface area (Å²) in [5, 5.41) is 8.97. The summed E-state index contributed by atoms with van der Waals surface area (Å²) >= 11 is 3.25. The minimum atomic E-state index is -3.82. The summed E-state index contributed by atoms with van der Waals surface area (Å²) in [7, 11) is -3.82. The summed E-state index contributed by atoms with van der Waals surface area (Å²) in [6.07, 6.45) is 0. The van der Waals surface area contributed by atoms with Crippen molar-refractivity contribution in [1.29, 1.82) is 0 Å². The lowest BCUT2D eigenvalue weighted by atomic mass is 10.2. The van der Waals surface area contributed by atoms with Gasteiger partial charge in [-0.3, -0.25) is 4.72 Å².